The minimum absolute atomic E-state index is 0.0515. The van der Waals surface area contributed by atoms with Gasteiger partial charge in [-0.1, -0.05) is 0 Å². The average Bonchev–Trinajstić information content (AvgIpc) is 2.28. The van der Waals surface area contributed by atoms with Gasteiger partial charge in [-0.05, 0) is 37.5 Å². The van der Waals surface area contributed by atoms with Gasteiger partial charge in [0.2, 0.25) is 0 Å². The van der Waals surface area contributed by atoms with Crippen LogP contribution in [0, 0.1) is 23.7 Å². The van der Waals surface area contributed by atoms with Crippen molar-refractivity contribution < 1.29 is 19.4 Å². The van der Waals surface area contributed by atoms with Crippen LogP contribution < -0.4 is 0 Å². The average molecular weight is 212 g/mol. The number of ether oxygens (including phenoxy) is 1. The van der Waals surface area contributed by atoms with E-state index in [9.17, 15) is 9.59 Å². The van der Waals surface area contributed by atoms with Crippen LogP contribution >= 0.6 is 0 Å². The van der Waals surface area contributed by atoms with E-state index in [0.29, 0.717) is 12.8 Å². The number of carboxylic acid groups (broad SMARTS) is 1. The summed E-state index contributed by atoms with van der Waals surface area (Å²) in [5, 5.41) is 9.03. The molecule has 3 fully saturated rings. The highest BCUT2D eigenvalue weighted by Crippen LogP contribution is 2.48. The first-order valence-corrected chi connectivity index (χ1v) is 5.44. The highest BCUT2D eigenvalue weighted by Gasteiger charge is 2.47. The lowest BCUT2D eigenvalue weighted by atomic mass is 9.60. The number of esters is 1. The van der Waals surface area contributed by atoms with Crippen molar-refractivity contribution in [1.29, 1.82) is 0 Å². The molecule has 0 heterocycles. The van der Waals surface area contributed by atoms with E-state index in [1.807, 2.05) is 0 Å². The smallest absolute Gasteiger partial charge is 0.308 e. The fourth-order valence-electron chi connectivity index (χ4n) is 3.17. The fourth-order valence-corrected chi connectivity index (χ4v) is 3.17. The van der Waals surface area contributed by atoms with Crippen LogP contribution in [0.1, 0.15) is 25.7 Å². The zero-order valence-electron chi connectivity index (χ0n) is 8.81. The Morgan fingerprint density at radius 3 is 2.07 bits per heavy atom. The number of hydrogen-bond acceptors (Lipinski definition) is 3. The topological polar surface area (TPSA) is 63.6 Å². The Kier molecular flexibility index (Phi) is 2.67. The summed E-state index contributed by atoms with van der Waals surface area (Å²) in [5.41, 5.74) is 0. The van der Waals surface area contributed by atoms with Gasteiger partial charge in [-0.25, -0.2) is 0 Å². The van der Waals surface area contributed by atoms with E-state index in [1.165, 1.54) is 7.11 Å². The number of carboxylic acids is 1. The van der Waals surface area contributed by atoms with Crippen LogP contribution in [0.3, 0.4) is 0 Å². The third kappa shape index (κ3) is 1.73. The summed E-state index contributed by atoms with van der Waals surface area (Å²) in [6, 6.07) is 0. The summed E-state index contributed by atoms with van der Waals surface area (Å²) in [5.74, 6) is -0.740. The number of carbonyl (C=O) groups excluding carboxylic acids is 1. The minimum Gasteiger partial charge on any atom is -0.481 e. The number of hydrogen-bond donors (Lipinski definition) is 1. The summed E-state index contributed by atoms with van der Waals surface area (Å²) in [4.78, 5) is 22.4. The number of methoxy groups -OCH3 is 1. The van der Waals surface area contributed by atoms with Crippen molar-refractivity contribution in [2.24, 2.45) is 23.7 Å². The molecule has 2 bridgehead atoms. The Balaban J connectivity index is 2.09. The maximum Gasteiger partial charge on any atom is 0.308 e. The molecule has 0 unspecified atom stereocenters. The molecule has 3 saturated carbocycles. The molecule has 1 N–H and O–H groups in total. The molecule has 3 aliphatic rings. The lowest BCUT2D eigenvalue weighted by molar-refractivity contribution is -0.159. The normalized spacial score (nSPS) is 38.7. The molecule has 15 heavy (non-hydrogen) atoms. The van der Waals surface area contributed by atoms with E-state index in [0.717, 1.165) is 12.8 Å². The second-order valence-electron chi connectivity index (χ2n) is 4.64. The van der Waals surface area contributed by atoms with Gasteiger partial charge in [-0.15, -0.1) is 0 Å². The number of carbonyl (C=O) groups is 2. The Hall–Kier alpha value is -1.06. The van der Waals surface area contributed by atoms with E-state index < -0.39 is 5.97 Å². The van der Waals surface area contributed by atoms with Crippen LogP contribution in [0.15, 0.2) is 0 Å². The van der Waals surface area contributed by atoms with E-state index >= 15 is 0 Å². The molecular formula is C11H16O4. The molecule has 0 amide bonds. The largest absolute Gasteiger partial charge is 0.481 e. The predicted octanol–water partition coefficient (Wildman–Crippen LogP) is 1.30. The molecule has 4 nitrogen and oxygen atoms in total. The van der Waals surface area contributed by atoms with Crippen molar-refractivity contribution in [3.05, 3.63) is 0 Å². The Morgan fingerprint density at radius 2 is 1.67 bits per heavy atom. The van der Waals surface area contributed by atoms with Crippen molar-refractivity contribution in [2.75, 3.05) is 7.11 Å². The minimum atomic E-state index is -0.701. The van der Waals surface area contributed by atoms with Gasteiger partial charge in [-0.3, -0.25) is 9.59 Å². The molecule has 0 aliphatic heterocycles. The molecular weight excluding hydrogens is 196 g/mol. The van der Waals surface area contributed by atoms with Crippen LogP contribution in [0.2, 0.25) is 0 Å². The first-order valence-electron chi connectivity index (χ1n) is 5.44. The van der Waals surface area contributed by atoms with Crippen molar-refractivity contribution in [3.8, 4) is 0 Å². The van der Waals surface area contributed by atoms with Crippen LogP contribution in [-0.4, -0.2) is 24.2 Å². The first-order chi connectivity index (χ1) is 7.13. The van der Waals surface area contributed by atoms with Gasteiger partial charge < -0.3 is 9.84 Å². The van der Waals surface area contributed by atoms with E-state index in [4.69, 9.17) is 9.84 Å². The first kappa shape index (κ1) is 10.5. The van der Waals surface area contributed by atoms with Gasteiger partial charge in [0.15, 0.2) is 0 Å². The van der Waals surface area contributed by atoms with E-state index in [2.05, 4.69) is 0 Å². The summed E-state index contributed by atoms with van der Waals surface area (Å²) >= 11 is 0. The quantitative estimate of drug-likeness (QED) is 0.701. The molecule has 3 rings (SSSR count). The van der Waals surface area contributed by atoms with Crippen molar-refractivity contribution >= 4 is 11.9 Å². The van der Waals surface area contributed by atoms with Gasteiger partial charge in [-0.2, -0.15) is 0 Å². The molecule has 0 aromatic heterocycles. The van der Waals surface area contributed by atoms with Crippen LogP contribution in [0.4, 0.5) is 0 Å². The lowest BCUT2D eigenvalue weighted by Gasteiger charge is -2.44. The van der Waals surface area contributed by atoms with Crippen molar-refractivity contribution in [2.45, 2.75) is 25.7 Å². The molecule has 0 aromatic carbocycles. The van der Waals surface area contributed by atoms with Gasteiger partial charge >= 0.3 is 11.9 Å². The second kappa shape index (κ2) is 3.83. The maximum atomic E-state index is 11.5. The molecule has 4 heteroatoms. The van der Waals surface area contributed by atoms with Gasteiger partial charge in [0.1, 0.15) is 0 Å². The maximum absolute atomic E-state index is 11.5. The zero-order chi connectivity index (χ0) is 11.0. The molecule has 3 aliphatic carbocycles. The lowest BCUT2D eigenvalue weighted by Crippen LogP contribution is -2.44. The summed E-state index contributed by atoms with van der Waals surface area (Å²) in [6.07, 6.45) is 3.29. The summed E-state index contributed by atoms with van der Waals surface area (Å²) in [7, 11) is 1.40. The number of rotatable bonds is 2. The van der Waals surface area contributed by atoms with Crippen LogP contribution in [-0.2, 0) is 14.3 Å². The zero-order valence-corrected chi connectivity index (χ0v) is 8.81. The van der Waals surface area contributed by atoms with Gasteiger partial charge in [0.25, 0.3) is 0 Å². The Bertz CT molecular complexity index is 286. The molecule has 4 atom stereocenters. The number of aliphatic carboxylic acids is 1. The standard InChI is InChI=1S/C11H16O4/c1-15-11(14)9-5-6-2-3-7(9)4-8(6)10(12)13/h6-9H,2-5H2,1H3,(H,12,13)/t6-,7-,8-,9-/m1/s1. The molecule has 0 saturated heterocycles. The second-order valence-corrected chi connectivity index (χ2v) is 4.64. The van der Waals surface area contributed by atoms with Gasteiger partial charge in [0.05, 0.1) is 18.9 Å². The number of fused-ring (bicyclic) bond motifs is 3. The molecule has 84 valence electrons. The molecule has 0 spiro atoms. The van der Waals surface area contributed by atoms with Crippen molar-refractivity contribution in [1.82, 2.24) is 0 Å². The highest BCUT2D eigenvalue weighted by molar-refractivity contribution is 5.75. The van der Waals surface area contributed by atoms with E-state index in [1.54, 1.807) is 0 Å². The SMILES string of the molecule is COC(=O)[C@@H]1C[C@H]2CC[C@@H]1C[C@H]2C(=O)O. The molecule has 0 aromatic rings. The predicted molar refractivity (Wildman–Crippen MR) is 52.1 cm³/mol. The van der Waals surface area contributed by atoms with Crippen molar-refractivity contribution in [3.63, 3.8) is 0 Å². The third-order valence-electron chi connectivity index (χ3n) is 3.98. The summed E-state index contributed by atoms with van der Waals surface area (Å²) < 4.78 is 4.75. The van der Waals surface area contributed by atoms with E-state index in [-0.39, 0.29) is 29.6 Å². The fraction of sp³-hybridized carbons (Fsp3) is 0.818. The highest BCUT2D eigenvalue weighted by atomic mass is 16.5. The third-order valence-corrected chi connectivity index (χ3v) is 3.98. The van der Waals surface area contributed by atoms with Crippen LogP contribution in [0.25, 0.3) is 0 Å². The summed E-state index contributed by atoms with van der Waals surface area (Å²) in [6.45, 7) is 0. The Morgan fingerprint density at radius 1 is 1.13 bits per heavy atom. The Labute approximate surface area is 88.6 Å². The van der Waals surface area contributed by atoms with Crippen LogP contribution in [0.5, 0.6) is 0 Å². The monoisotopic (exact) mass is 212 g/mol. The van der Waals surface area contributed by atoms with Gasteiger partial charge in [0, 0.05) is 0 Å². The molecule has 0 radical (unpaired) electrons.